The summed E-state index contributed by atoms with van der Waals surface area (Å²) >= 11 is 0. The Balaban J connectivity index is 0.00000312. The maximum Gasteiger partial charge on any atom is 0.119 e. The highest BCUT2D eigenvalue weighted by Crippen LogP contribution is 2.29. The second-order valence-electron chi connectivity index (χ2n) is 6.10. The minimum Gasteiger partial charge on any atom is -0.493 e. The van der Waals surface area contributed by atoms with Gasteiger partial charge >= 0.3 is 0 Å². The molecule has 2 rings (SSSR count). The van der Waals surface area contributed by atoms with E-state index < -0.39 is 0 Å². The van der Waals surface area contributed by atoms with E-state index in [0.29, 0.717) is 30.5 Å². The first kappa shape index (κ1) is 18.0. The molecule has 0 fully saturated rings. The standard InChI is InChI=1S/C20H26N2O2.H2/c1-14-10-15(2)18(20(22)11-14)13-19(21)16-6-4-7-17(12-16)24-9-5-8-23-3;/h4,6-7,11-14,21H,2,5,8-10,22H2,1,3H3;1H/b18-13+,21-19?;. The van der Waals surface area contributed by atoms with Crippen molar-refractivity contribution in [2.75, 3.05) is 20.3 Å². The molecule has 1 aliphatic carbocycles. The van der Waals surface area contributed by atoms with Gasteiger partial charge in [-0.2, -0.15) is 0 Å². The van der Waals surface area contributed by atoms with Crippen molar-refractivity contribution < 1.29 is 10.9 Å². The second kappa shape index (κ2) is 8.50. The molecule has 0 bridgehead atoms. The Morgan fingerprint density at radius 3 is 2.96 bits per heavy atom. The average Bonchev–Trinajstić information content (AvgIpc) is 2.55. The number of rotatable bonds is 7. The van der Waals surface area contributed by atoms with E-state index >= 15 is 0 Å². The van der Waals surface area contributed by atoms with Gasteiger partial charge in [0.15, 0.2) is 0 Å². The van der Waals surface area contributed by atoms with Crippen molar-refractivity contribution in [3.63, 3.8) is 0 Å². The van der Waals surface area contributed by atoms with Crippen LogP contribution < -0.4 is 10.5 Å². The topological polar surface area (TPSA) is 68.3 Å². The maximum atomic E-state index is 8.36. The molecule has 0 aliphatic heterocycles. The van der Waals surface area contributed by atoms with Crippen LogP contribution in [0.1, 0.15) is 26.8 Å². The number of ether oxygens (including phenoxy) is 2. The number of hydrogen-bond acceptors (Lipinski definition) is 4. The van der Waals surface area contributed by atoms with Crippen LogP contribution in [-0.4, -0.2) is 26.0 Å². The van der Waals surface area contributed by atoms with Gasteiger partial charge in [0.05, 0.1) is 12.3 Å². The lowest BCUT2D eigenvalue weighted by Gasteiger charge is -2.21. The van der Waals surface area contributed by atoms with E-state index in [1.165, 1.54) is 0 Å². The summed E-state index contributed by atoms with van der Waals surface area (Å²) in [5.74, 6) is 1.15. The molecule has 1 aromatic carbocycles. The highest BCUT2D eigenvalue weighted by atomic mass is 16.5. The molecule has 0 saturated carbocycles. The minimum atomic E-state index is 0. The summed E-state index contributed by atoms with van der Waals surface area (Å²) in [6, 6.07) is 7.56. The Labute approximate surface area is 145 Å². The van der Waals surface area contributed by atoms with Gasteiger partial charge in [0, 0.05) is 38.4 Å². The summed E-state index contributed by atoms with van der Waals surface area (Å²) in [4.78, 5) is 0. The smallest absolute Gasteiger partial charge is 0.119 e. The van der Waals surface area contributed by atoms with Crippen molar-refractivity contribution in [3.05, 3.63) is 65.4 Å². The van der Waals surface area contributed by atoms with Crippen LogP contribution in [0, 0.1) is 11.3 Å². The zero-order valence-electron chi connectivity index (χ0n) is 14.5. The third-order valence-electron chi connectivity index (χ3n) is 3.92. The van der Waals surface area contributed by atoms with Crippen molar-refractivity contribution >= 4 is 5.71 Å². The number of benzene rings is 1. The Morgan fingerprint density at radius 1 is 1.46 bits per heavy atom. The highest BCUT2D eigenvalue weighted by Gasteiger charge is 2.16. The average molecular weight is 328 g/mol. The van der Waals surface area contributed by atoms with E-state index in [-0.39, 0.29) is 1.43 Å². The van der Waals surface area contributed by atoms with Crippen molar-refractivity contribution in [2.45, 2.75) is 19.8 Å². The van der Waals surface area contributed by atoms with E-state index in [9.17, 15) is 0 Å². The van der Waals surface area contributed by atoms with E-state index in [4.69, 9.17) is 20.6 Å². The number of nitrogens with two attached hydrogens (primary N) is 1. The summed E-state index contributed by atoms with van der Waals surface area (Å²) in [5, 5.41) is 8.36. The Morgan fingerprint density at radius 2 is 2.25 bits per heavy atom. The van der Waals surface area contributed by atoms with Crippen LogP contribution in [0.5, 0.6) is 5.75 Å². The lowest BCUT2D eigenvalue weighted by Crippen LogP contribution is -2.14. The van der Waals surface area contributed by atoms with Crippen LogP contribution in [0.3, 0.4) is 0 Å². The summed E-state index contributed by atoms with van der Waals surface area (Å²) in [5.41, 5.74) is 9.86. The number of allylic oxidation sites excluding steroid dienone is 3. The van der Waals surface area contributed by atoms with Gasteiger partial charge in [-0.25, -0.2) is 0 Å². The van der Waals surface area contributed by atoms with E-state index in [1.54, 1.807) is 13.2 Å². The van der Waals surface area contributed by atoms with Gasteiger partial charge in [0.2, 0.25) is 0 Å². The predicted molar refractivity (Wildman–Crippen MR) is 101 cm³/mol. The van der Waals surface area contributed by atoms with Crippen molar-refractivity contribution in [2.24, 2.45) is 11.7 Å². The Bertz CT molecular complexity index is 680. The molecule has 4 heteroatoms. The molecule has 130 valence electrons. The van der Waals surface area contributed by atoms with Crippen molar-refractivity contribution in [1.82, 2.24) is 0 Å². The van der Waals surface area contributed by atoms with Gasteiger partial charge in [0.1, 0.15) is 5.75 Å². The first-order valence-electron chi connectivity index (χ1n) is 8.19. The van der Waals surface area contributed by atoms with E-state index in [2.05, 4.69) is 13.5 Å². The first-order valence-corrected chi connectivity index (χ1v) is 8.19. The number of hydrogen-bond donors (Lipinski definition) is 2. The van der Waals surface area contributed by atoms with Gasteiger partial charge in [0.25, 0.3) is 0 Å². The molecule has 1 unspecified atom stereocenters. The molecule has 24 heavy (non-hydrogen) atoms. The third kappa shape index (κ3) is 4.83. The van der Waals surface area contributed by atoms with Gasteiger partial charge in [-0.1, -0.05) is 31.7 Å². The molecule has 0 aromatic heterocycles. The molecule has 0 amide bonds. The molecular weight excluding hydrogens is 300 g/mol. The SMILES string of the molecule is C=C1CC(C)C=C(N)/C1=C/C(=N)c1cccc(OCCCOC)c1.[HH]. The quantitative estimate of drug-likeness (QED) is 0.585. The molecule has 1 atom stereocenters. The fourth-order valence-electron chi connectivity index (χ4n) is 2.72. The van der Waals surface area contributed by atoms with E-state index in [0.717, 1.165) is 35.3 Å². The summed E-state index contributed by atoms with van der Waals surface area (Å²) < 4.78 is 10.7. The molecule has 1 aliphatic rings. The van der Waals surface area contributed by atoms with Gasteiger partial charge in [-0.3, -0.25) is 0 Å². The second-order valence-corrected chi connectivity index (χ2v) is 6.10. The highest BCUT2D eigenvalue weighted by molar-refractivity contribution is 6.07. The van der Waals surface area contributed by atoms with Crippen molar-refractivity contribution in [1.29, 1.82) is 5.41 Å². The number of methoxy groups -OCH3 is 1. The fourth-order valence-corrected chi connectivity index (χ4v) is 2.72. The lowest BCUT2D eigenvalue weighted by atomic mass is 9.86. The van der Waals surface area contributed by atoms with Crippen LogP contribution in [0.2, 0.25) is 0 Å². The third-order valence-corrected chi connectivity index (χ3v) is 3.92. The minimum absolute atomic E-state index is 0. The largest absolute Gasteiger partial charge is 0.493 e. The summed E-state index contributed by atoms with van der Waals surface area (Å²) in [6.07, 6.45) is 5.54. The Hall–Kier alpha value is -2.33. The van der Waals surface area contributed by atoms with Gasteiger partial charge in [-0.05, 0) is 36.1 Å². The van der Waals surface area contributed by atoms with Gasteiger partial charge in [-0.15, -0.1) is 0 Å². The van der Waals surface area contributed by atoms with Crippen LogP contribution in [0.4, 0.5) is 0 Å². The Kier molecular flexibility index (Phi) is 6.38. The monoisotopic (exact) mass is 328 g/mol. The van der Waals surface area contributed by atoms with Crippen LogP contribution in [0.15, 0.2) is 59.8 Å². The zero-order valence-corrected chi connectivity index (χ0v) is 14.5. The molecule has 3 N–H and O–H groups in total. The van der Waals surface area contributed by atoms with Crippen LogP contribution >= 0.6 is 0 Å². The zero-order chi connectivity index (χ0) is 17.5. The molecule has 0 heterocycles. The molecule has 4 nitrogen and oxygen atoms in total. The molecule has 1 aromatic rings. The summed E-state index contributed by atoms with van der Waals surface area (Å²) in [6.45, 7) is 7.48. The first-order chi connectivity index (χ1) is 11.5. The van der Waals surface area contributed by atoms with Crippen molar-refractivity contribution in [3.8, 4) is 5.75 Å². The van der Waals surface area contributed by atoms with E-state index in [1.807, 2.05) is 30.3 Å². The lowest BCUT2D eigenvalue weighted by molar-refractivity contribution is 0.172. The van der Waals surface area contributed by atoms with Crippen LogP contribution in [0.25, 0.3) is 0 Å². The molecular formula is C20H28N2O2. The van der Waals surface area contributed by atoms with Crippen LogP contribution in [-0.2, 0) is 4.74 Å². The molecule has 0 saturated heterocycles. The maximum absolute atomic E-state index is 8.36. The predicted octanol–water partition coefficient (Wildman–Crippen LogP) is 4.08. The van der Waals surface area contributed by atoms with Gasteiger partial charge < -0.3 is 20.6 Å². The molecule has 0 radical (unpaired) electrons. The number of nitrogens with one attached hydrogen (secondary N) is 1. The normalized spacial score (nSPS) is 19.2. The molecule has 0 spiro atoms. The summed E-state index contributed by atoms with van der Waals surface area (Å²) in [7, 11) is 1.68. The fraction of sp³-hybridized carbons (Fsp3) is 0.350.